The lowest BCUT2D eigenvalue weighted by Gasteiger charge is -2.40. The number of hydrogen-bond donors (Lipinski definition) is 1. The molecule has 94 valence electrons. The van der Waals surface area contributed by atoms with Gasteiger partial charge in [0.1, 0.15) is 5.60 Å². The van der Waals surface area contributed by atoms with Crippen LogP contribution in [-0.4, -0.2) is 35.6 Å². The first-order valence-electron chi connectivity index (χ1n) is 6.41. The van der Waals surface area contributed by atoms with Crippen LogP contribution in [0.25, 0.3) is 0 Å². The van der Waals surface area contributed by atoms with Crippen LogP contribution in [0, 0.1) is 5.92 Å². The second-order valence-corrected chi connectivity index (χ2v) is 5.34. The van der Waals surface area contributed by atoms with Crippen LogP contribution in [0.5, 0.6) is 0 Å². The Bertz CT molecular complexity index is 352. The SMILES string of the molecule is CN(C)C[C@@H]1CCCC[C@]1(O)c1ccccn1. The third-order valence-electron chi connectivity index (χ3n) is 3.73. The molecular formula is C14H22N2O. The van der Waals surface area contributed by atoms with E-state index in [0.29, 0.717) is 5.92 Å². The zero-order chi connectivity index (χ0) is 12.3. The molecular weight excluding hydrogens is 212 g/mol. The fraction of sp³-hybridized carbons (Fsp3) is 0.643. The van der Waals surface area contributed by atoms with E-state index in [1.807, 2.05) is 18.2 Å². The summed E-state index contributed by atoms with van der Waals surface area (Å²) in [6, 6.07) is 5.81. The molecule has 1 aromatic heterocycles. The Kier molecular flexibility index (Phi) is 3.79. The van der Waals surface area contributed by atoms with Gasteiger partial charge in [0, 0.05) is 18.7 Å². The van der Waals surface area contributed by atoms with Gasteiger partial charge in [-0.1, -0.05) is 18.9 Å². The summed E-state index contributed by atoms with van der Waals surface area (Å²) in [5.74, 6) is 0.293. The zero-order valence-corrected chi connectivity index (χ0v) is 10.8. The van der Waals surface area contributed by atoms with Crippen molar-refractivity contribution in [3.05, 3.63) is 30.1 Å². The Labute approximate surface area is 103 Å². The molecule has 1 saturated carbocycles. The van der Waals surface area contributed by atoms with Gasteiger partial charge in [-0.05, 0) is 39.1 Å². The third-order valence-corrected chi connectivity index (χ3v) is 3.73. The first kappa shape index (κ1) is 12.5. The lowest BCUT2D eigenvalue weighted by Crippen LogP contribution is -2.43. The van der Waals surface area contributed by atoms with Crippen molar-refractivity contribution in [2.45, 2.75) is 31.3 Å². The van der Waals surface area contributed by atoms with E-state index in [2.05, 4.69) is 24.0 Å². The molecule has 1 aromatic rings. The van der Waals surface area contributed by atoms with E-state index in [1.54, 1.807) is 6.20 Å². The summed E-state index contributed by atoms with van der Waals surface area (Å²) in [5.41, 5.74) is 0.107. The lowest BCUT2D eigenvalue weighted by molar-refractivity contribution is -0.0652. The standard InChI is InChI=1S/C14H22N2O/c1-16(2)11-12-7-3-5-9-14(12,17)13-8-4-6-10-15-13/h4,6,8,10,12,17H,3,5,7,9,11H2,1-2H3/t12-,14+/m0/s1. The topological polar surface area (TPSA) is 36.4 Å². The highest BCUT2D eigenvalue weighted by Crippen LogP contribution is 2.40. The van der Waals surface area contributed by atoms with Crippen molar-refractivity contribution in [1.82, 2.24) is 9.88 Å². The van der Waals surface area contributed by atoms with Crippen LogP contribution in [0.15, 0.2) is 24.4 Å². The van der Waals surface area contributed by atoms with E-state index in [1.165, 1.54) is 6.42 Å². The highest BCUT2D eigenvalue weighted by atomic mass is 16.3. The molecule has 1 aliphatic rings. The smallest absolute Gasteiger partial charge is 0.110 e. The van der Waals surface area contributed by atoms with Gasteiger partial charge >= 0.3 is 0 Å². The Hall–Kier alpha value is -0.930. The highest BCUT2D eigenvalue weighted by molar-refractivity contribution is 5.15. The van der Waals surface area contributed by atoms with Crippen LogP contribution in [0.1, 0.15) is 31.4 Å². The molecule has 0 aromatic carbocycles. The van der Waals surface area contributed by atoms with Gasteiger partial charge in [-0.15, -0.1) is 0 Å². The number of nitrogens with zero attached hydrogens (tertiary/aromatic N) is 2. The van der Waals surface area contributed by atoms with Crippen molar-refractivity contribution in [2.75, 3.05) is 20.6 Å². The summed E-state index contributed by atoms with van der Waals surface area (Å²) >= 11 is 0. The van der Waals surface area contributed by atoms with Crippen LogP contribution in [0.3, 0.4) is 0 Å². The first-order valence-corrected chi connectivity index (χ1v) is 6.41. The molecule has 3 heteroatoms. The van der Waals surface area contributed by atoms with E-state index in [0.717, 1.165) is 31.5 Å². The van der Waals surface area contributed by atoms with Crippen molar-refractivity contribution in [3.8, 4) is 0 Å². The summed E-state index contributed by atoms with van der Waals surface area (Å²) < 4.78 is 0. The first-order chi connectivity index (χ1) is 8.13. The van der Waals surface area contributed by atoms with Crippen molar-refractivity contribution in [1.29, 1.82) is 0 Å². The minimum Gasteiger partial charge on any atom is -0.383 e. The Morgan fingerprint density at radius 1 is 1.41 bits per heavy atom. The molecule has 1 N–H and O–H groups in total. The molecule has 0 spiro atoms. The molecule has 2 atom stereocenters. The van der Waals surface area contributed by atoms with Gasteiger partial charge in [-0.25, -0.2) is 0 Å². The number of rotatable bonds is 3. The van der Waals surface area contributed by atoms with Gasteiger partial charge in [0.05, 0.1) is 5.69 Å². The molecule has 17 heavy (non-hydrogen) atoms. The maximum absolute atomic E-state index is 11.0. The lowest BCUT2D eigenvalue weighted by atomic mass is 9.73. The number of pyridine rings is 1. The monoisotopic (exact) mass is 234 g/mol. The van der Waals surface area contributed by atoms with E-state index in [4.69, 9.17) is 0 Å². The average Bonchev–Trinajstić information content (AvgIpc) is 2.33. The molecule has 1 fully saturated rings. The largest absolute Gasteiger partial charge is 0.383 e. The van der Waals surface area contributed by atoms with E-state index >= 15 is 0 Å². The second-order valence-electron chi connectivity index (χ2n) is 5.34. The number of aromatic nitrogens is 1. The summed E-state index contributed by atoms with van der Waals surface area (Å²) in [6.07, 6.45) is 6.01. The van der Waals surface area contributed by atoms with Gasteiger partial charge in [0.25, 0.3) is 0 Å². The summed E-state index contributed by atoms with van der Waals surface area (Å²) in [7, 11) is 4.13. The van der Waals surface area contributed by atoms with Gasteiger partial charge in [0.2, 0.25) is 0 Å². The summed E-state index contributed by atoms with van der Waals surface area (Å²) in [4.78, 5) is 6.52. The Morgan fingerprint density at radius 2 is 2.24 bits per heavy atom. The molecule has 1 aliphatic carbocycles. The van der Waals surface area contributed by atoms with Crippen LogP contribution >= 0.6 is 0 Å². The van der Waals surface area contributed by atoms with Gasteiger partial charge < -0.3 is 10.0 Å². The third kappa shape index (κ3) is 2.67. The fourth-order valence-electron chi connectivity index (χ4n) is 2.87. The molecule has 0 radical (unpaired) electrons. The Balaban J connectivity index is 2.25. The maximum Gasteiger partial charge on any atom is 0.110 e. The van der Waals surface area contributed by atoms with Crippen molar-refractivity contribution in [2.24, 2.45) is 5.92 Å². The summed E-state index contributed by atoms with van der Waals surface area (Å²) in [5, 5.41) is 11.0. The molecule has 0 aliphatic heterocycles. The predicted octanol–water partition coefficient (Wildman–Crippen LogP) is 2.02. The average molecular weight is 234 g/mol. The van der Waals surface area contributed by atoms with Crippen molar-refractivity contribution >= 4 is 0 Å². The molecule has 0 bridgehead atoms. The maximum atomic E-state index is 11.0. The molecule has 3 nitrogen and oxygen atoms in total. The van der Waals surface area contributed by atoms with Gasteiger partial charge in [0.15, 0.2) is 0 Å². The van der Waals surface area contributed by atoms with Crippen molar-refractivity contribution in [3.63, 3.8) is 0 Å². The molecule has 1 heterocycles. The zero-order valence-electron chi connectivity index (χ0n) is 10.8. The van der Waals surface area contributed by atoms with Crippen LogP contribution in [0.4, 0.5) is 0 Å². The highest BCUT2D eigenvalue weighted by Gasteiger charge is 2.41. The minimum atomic E-state index is -0.732. The van der Waals surface area contributed by atoms with Gasteiger partial charge in [-0.3, -0.25) is 4.98 Å². The molecule has 0 unspecified atom stereocenters. The fourth-order valence-corrected chi connectivity index (χ4v) is 2.87. The van der Waals surface area contributed by atoms with Crippen LogP contribution in [-0.2, 0) is 5.60 Å². The second kappa shape index (κ2) is 5.15. The van der Waals surface area contributed by atoms with E-state index in [-0.39, 0.29) is 0 Å². The van der Waals surface area contributed by atoms with Crippen LogP contribution < -0.4 is 0 Å². The molecule has 2 rings (SSSR count). The number of hydrogen-bond acceptors (Lipinski definition) is 3. The van der Waals surface area contributed by atoms with Crippen molar-refractivity contribution < 1.29 is 5.11 Å². The number of aliphatic hydroxyl groups is 1. The van der Waals surface area contributed by atoms with Gasteiger partial charge in [-0.2, -0.15) is 0 Å². The summed E-state index contributed by atoms with van der Waals surface area (Å²) in [6.45, 7) is 0.924. The predicted molar refractivity (Wildman–Crippen MR) is 68.6 cm³/mol. The molecule has 0 amide bonds. The van der Waals surface area contributed by atoms with E-state index < -0.39 is 5.60 Å². The van der Waals surface area contributed by atoms with Crippen LogP contribution in [0.2, 0.25) is 0 Å². The van der Waals surface area contributed by atoms with E-state index in [9.17, 15) is 5.11 Å². The Morgan fingerprint density at radius 3 is 2.88 bits per heavy atom. The molecule has 0 saturated heterocycles. The minimum absolute atomic E-state index is 0.293. The quantitative estimate of drug-likeness (QED) is 0.869. The normalized spacial score (nSPS) is 29.5.